The Kier molecular flexibility index (Phi) is 4.42. The second kappa shape index (κ2) is 6.09. The van der Waals surface area contributed by atoms with Gasteiger partial charge in [0.25, 0.3) is 5.91 Å². The van der Waals surface area contributed by atoms with Crippen LogP contribution in [0.25, 0.3) is 0 Å². The van der Waals surface area contributed by atoms with Crippen LogP contribution in [0.2, 0.25) is 0 Å². The van der Waals surface area contributed by atoms with E-state index in [0.717, 1.165) is 0 Å². The van der Waals surface area contributed by atoms with E-state index in [1.54, 1.807) is 31.6 Å². The van der Waals surface area contributed by atoms with Crippen LogP contribution in [-0.4, -0.2) is 51.3 Å². The van der Waals surface area contributed by atoms with Gasteiger partial charge in [0, 0.05) is 36.2 Å². The molecule has 110 valence electrons. The molecule has 7 heteroatoms. The maximum atomic E-state index is 12.6. The van der Waals surface area contributed by atoms with Crippen molar-refractivity contribution in [1.82, 2.24) is 9.88 Å². The van der Waals surface area contributed by atoms with Gasteiger partial charge in [0.05, 0.1) is 6.42 Å². The molecule has 21 heavy (non-hydrogen) atoms. The number of carbonyl (C=O) groups is 3. The van der Waals surface area contributed by atoms with Crippen molar-refractivity contribution in [1.29, 1.82) is 0 Å². The first kappa shape index (κ1) is 15.2. The molecule has 1 aliphatic rings. The van der Waals surface area contributed by atoms with E-state index >= 15 is 0 Å². The molecule has 0 spiro atoms. The summed E-state index contributed by atoms with van der Waals surface area (Å²) in [6.45, 7) is 0. The van der Waals surface area contributed by atoms with Gasteiger partial charge in [-0.2, -0.15) is 0 Å². The molecule has 1 aromatic rings. The number of amides is 1. The maximum Gasteiger partial charge on any atom is 0.308 e. The van der Waals surface area contributed by atoms with Crippen molar-refractivity contribution in [3.05, 3.63) is 41.2 Å². The number of nitrogens with zero attached hydrogens (tertiary/aromatic N) is 2. The third-order valence-corrected chi connectivity index (χ3v) is 4.22. The van der Waals surface area contributed by atoms with E-state index < -0.39 is 23.7 Å². The molecule has 0 fully saturated rings. The van der Waals surface area contributed by atoms with Gasteiger partial charge in [-0.3, -0.25) is 19.4 Å². The van der Waals surface area contributed by atoms with Crippen LogP contribution in [0, 0.1) is 0 Å². The minimum atomic E-state index is -1.13. The van der Waals surface area contributed by atoms with Crippen LogP contribution in [0.1, 0.15) is 16.8 Å². The molecule has 1 aliphatic heterocycles. The van der Waals surface area contributed by atoms with Crippen molar-refractivity contribution in [3.8, 4) is 0 Å². The second-order valence-electron chi connectivity index (χ2n) is 4.54. The monoisotopic (exact) mass is 306 g/mol. The molecule has 0 bridgehead atoms. The highest BCUT2D eigenvalue weighted by atomic mass is 32.2. The molecule has 1 unspecified atom stereocenters. The summed E-state index contributed by atoms with van der Waals surface area (Å²) in [5, 5.41) is 8.50. The van der Waals surface area contributed by atoms with Crippen LogP contribution < -0.4 is 0 Å². The first-order valence-electron chi connectivity index (χ1n) is 6.17. The molecule has 0 saturated heterocycles. The fourth-order valence-electron chi connectivity index (χ4n) is 2.28. The quantitative estimate of drug-likeness (QED) is 0.822. The lowest BCUT2D eigenvalue weighted by atomic mass is 9.99. The molecule has 1 amide bonds. The number of pyridine rings is 1. The van der Waals surface area contributed by atoms with Crippen LogP contribution in [0.5, 0.6) is 0 Å². The highest BCUT2D eigenvalue weighted by Gasteiger charge is 2.40. The summed E-state index contributed by atoms with van der Waals surface area (Å²) in [6, 6.07) is 3.22. The number of hydrogen-bond acceptors (Lipinski definition) is 5. The Morgan fingerprint density at radius 3 is 2.71 bits per heavy atom. The Bertz CT molecular complexity index is 627. The number of hydrogen-bond donors (Lipinski definition) is 1. The molecule has 0 radical (unpaired) electrons. The molecule has 2 heterocycles. The smallest absolute Gasteiger partial charge is 0.308 e. The zero-order valence-electron chi connectivity index (χ0n) is 11.6. The minimum absolute atomic E-state index is 0.0539. The molecule has 1 aromatic heterocycles. The SMILES string of the molecule is CSC1C(C(=O)c2cccnc2)=C(CC(=O)O)C(=O)N1C. The summed E-state index contributed by atoms with van der Waals surface area (Å²) < 4.78 is 0. The van der Waals surface area contributed by atoms with E-state index in [1.165, 1.54) is 22.9 Å². The Labute approximate surface area is 125 Å². The Morgan fingerprint density at radius 2 is 2.19 bits per heavy atom. The van der Waals surface area contributed by atoms with Crippen LogP contribution in [0.15, 0.2) is 35.7 Å². The molecule has 0 aliphatic carbocycles. The summed E-state index contributed by atoms with van der Waals surface area (Å²) in [6.07, 6.45) is 4.27. The van der Waals surface area contributed by atoms with Gasteiger partial charge >= 0.3 is 5.97 Å². The minimum Gasteiger partial charge on any atom is -0.481 e. The largest absolute Gasteiger partial charge is 0.481 e. The molecule has 1 N–H and O–H groups in total. The van der Waals surface area contributed by atoms with Crippen molar-refractivity contribution >= 4 is 29.4 Å². The number of aliphatic carboxylic acids is 1. The number of thioether (sulfide) groups is 1. The van der Waals surface area contributed by atoms with Gasteiger partial charge in [-0.05, 0) is 18.4 Å². The maximum absolute atomic E-state index is 12.6. The number of rotatable bonds is 5. The molecule has 0 saturated carbocycles. The average Bonchev–Trinajstić information content (AvgIpc) is 2.71. The lowest BCUT2D eigenvalue weighted by Gasteiger charge is -2.20. The van der Waals surface area contributed by atoms with Gasteiger partial charge in [0.2, 0.25) is 0 Å². The highest BCUT2D eigenvalue weighted by Crippen LogP contribution is 2.34. The first-order valence-corrected chi connectivity index (χ1v) is 7.45. The molecule has 2 rings (SSSR count). The number of aromatic nitrogens is 1. The Balaban J connectivity index is 2.52. The molecule has 0 aromatic carbocycles. The van der Waals surface area contributed by atoms with E-state index in [9.17, 15) is 14.4 Å². The van der Waals surface area contributed by atoms with Gasteiger partial charge in [-0.15, -0.1) is 11.8 Å². The fourth-order valence-corrected chi connectivity index (χ4v) is 3.17. The number of ketones is 1. The Hall–Kier alpha value is -2.15. The summed E-state index contributed by atoms with van der Waals surface area (Å²) in [5.74, 6) is -1.90. The lowest BCUT2D eigenvalue weighted by molar-refractivity contribution is -0.137. The molecule has 6 nitrogen and oxygen atoms in total. The van der Waals surface area contributed by atoms with Crippen molar-refractivity contribution in [3.63, 3.8) is 0 Å². The lowest BCUT2D eigenvalue weighted by Crippen LogP contribution is -2.30. The van der Waals surface area contributed by atoms with Gasteiger partial charge in [-0.25, -0.2) is 0 Å². The Morgan fingerprint density at radius 1 is 1.48 bits per heavy atom. The normalized spacial score (nSPS) is 18.3. The van der Waals surface area contributed by atoms with Crippen LogP contribution in [-0.2, 0) is 9.59 Å². The van der Waals surface area contributed by atoms with Gasteiger partial charge in [-0.1, -0.05) is 0 Å². The second-order valence-corrected chi connectivity index (χ2v) is 5.46. The summed E-state index contributed by atoms with van der Waals surface area (Å²) >= 11 is 1.32. The van der Waals surface area contributed by atoms with E-state index in [-0.39, 0.29) is 16.9 Å². The van der Waals surface area contributed by atoms with Crippen molar-refractivity contribution < 1.29 is 19.5 Å². The topological polar surface area (TPSA) is 87.6 Å². The number of carboxylic acids is 1. The van der Waals surface area contributed by atoms with E-state index in [0.29, 0.717) is 5.56 Å². The molecular formula is C14H14N2O4S. The van der Waals surface area contributed by atoms with Crippen molar-refractivity contribution in [2.45, 2.75) is 11.8 Å². The van der Waals surface area contributed by atoms with Crippen LogP contribution in [0.4, 0.5) is 0 Å². The van der Waals surface area contributed by atoms with Crippen LogP contribution >= 0.6 is 11.8 Å². The third kappa shape index (κ3) is 2.82. The van der Waals surface area contributed by atoms with E-state index in [4.69, 9.17) is 5.11 Å². The van der Waals surface area contributed by atoms with Crippen molar-refractivity contribution in [2.75, 3.05) is 13.3 Å². The standard InChI is InChI=1S/C14H14N2O4S/c1-16-13(20)9(6-10(17)18)11(14(16)21-2)12(19)8-4-3-5-15-7-8/h3-5,7,14H,6H2,1-2H3,(H,17,18). The number of carbonyl (C=O) groups excluding carboxylic acids is 2. The highest BCUT2D eigenvalue weighted by molar-refractivity contribution is 7.99. The average molecular weight is 306 g/mol. The molecular weight excluding hydrogens is 292 g/mol. The predicted molar refractivity (Wildman–Crippen MR) is 77.9 cm³/mol. The van der Waals surface area contributed by atoms with Gasteiger partial charge in [0.15, 0.2) is 5.78 Å². The van der Waals surface area contributed by atoms with E-state index in [1.807, 2.05) is 0 Å². The molecule has 1 atom stereocenters. The summed E-state index contributed by atoms with van der Waals surface area (Å²) in [4.78, 5) is 41.1. The van der Waals surface area contributed by atoms with Gasteiger partial charge < -0.3 is 10.0 Å². The summed E-state index contributed by atoms with van der Waals surface area (Å²) in [7, 11) is 1.56. The number of likely N-dealkylation sites (N-methyl/N-ethyl adjacent to an activating group) is 1. The fraction of sp³-hybridized carbons (Fsp3) is 0.286. The number of carboxylic acid groups (broad SMARTS) is 1. The summed E-state index contributed by atoms with van der Waals surface area (Å²) in [5.41, 5.74) is 0.640. The van der Waals surface area contributed by atoms with Crippen LogP contribution in [0.3, 0.4) is 0 Å². The first-order chi connectivity index (χ1) is 9.97. The number of Topliss-reactive ketones (excluding diaryl/α,β-unsaturated/α-hetero) is 1. The van der Waals surface area contributed by atoms with E-state index in [2.05, 4.69) is 4.98 Å². The van der Waals surface area contributed by atoms with Crippen molar-refractivity contribution in [2.24, 2.45) is 0 Å². The zero-order valence-corrected chi connectivity index (χ0v) is 12.4. The zero-order chi connectivity index (χ0) is 15.6. The van der Waals surface area contributed by atoms with Gasteiger partial charge in [0.1, 0.15) is 5.37 Å². The third-order valence-electron chi connectivity index (χ3n) is 3.22. The predicted octanol–water partition coefficient (Wildman–Crippen LogP) is 1.20.